The third-order valence-corrected chi connectivity index (χ3v) is 1.97. The number of nitrogens with zero attached hydrogens (tertiary/aromatic N) is 1. The maximum Gasteiger partial charge on any atom is 0.337 e. The predicted molar refractivity (Wildman–Crippen MR) is 52.2 cm³/mol. The number of rotatable bonds is 4. The van der Waals surface area contributed by atoms with Crippen molar-refractivity contribution >= 4 is 11.7 Å². The Morgan fingerprint density at radius 2 is 2.19 bits per heavy atom. The van der Waals surface area contributed by atoms with E-state index in [0.717, 1.165) is 6.07 Å². The Hall–Kier alpha value is -2.15. The summed E-state index contributed by atoms with van der Waals surface area (Å²) in [4.78, 5) is 20.5. The molecular weight excluding hydrogens is 218 g/mol. The van der Waals surface area contributed by atoms with Gasteiger partial charge in [-0.2, -0.15) is 0 Å². The smallest absolute Gasteiger partial charge is 0.337 e. The van der Waals surface area contributed by atoms with Gasteiger partial charge in [-0.3, -0.25) is 10.1 Å². The number of nitro benzene ring substituents is 1. The fourth-order valence-electron chi connectivity index (χ4n) is 1.27. The third-order valence-electron chi connectivity index (χ3n) is 1.97. The van der Waals surface area contributed by atoms with Gasteiger partial charge in [-0.1, -0.05) is 6.07 Å². The minimum atomic E-state index is -1.99. The zero-order chi connectivity index (χ0) is 12.3. The van der Waals surface area contributed by atoms with Gasteiger partial charge in [0.05, 0.1) is 12.0 Å². The first kappa shape index (κ1) is 11.9. The molecule has 0 radical (unpaired) electrons. The molecule has 1 aromatic rings. The highest BCUT2D eigenvalue weighted by atomic mass is 16.6. The molecule has 0 bridgehead atoms. The zero-order valence-electron chi connectivity index (χ0n) is 8.28. The Kier molecular flexibility index (Phi) is 3.41. The van der Waals surface area contributed by atoms with E-state index >= 15 is 0 Å². The number of ether oxygens (including phenoxy) is 1. The standard InChI is InChI=1S/C9H9NO6/c1-16-6-4-2-3-5(10(14)15)7(6)8(11)9(12)13/h2-4,8,11H,1H3,(H,12,13). The summed E-state index contributed by atoms with van der Waals surface area (Å²) in [7, 11) is 1.23. The van der Waals surface area contributed by atoms with Crippen LogP contribution in [0.15, 0.2) is 18.2 Å². The molecule has 0 aromatic heterocycles. The second-order valence-corrected chi connectivity index (χ2v) is 2.89. The fourth-order valence-corrected chi connectivity index (χ4v) is 1.27. The van der Waals surface area contributed by atoms with Crippen LogP contribution in [0.3, 0.4) is 0 Å². The van der Waals surface area contributed by atoms with Crippen LogP contribution < -0.4 is 4.74 Å². The van der Waals surface area contributed by atoms with Crippen LogP contribution in [0.25, 0.3) is 0 Å². The maximum absolute atomic E-state index is 10.7. The van der Waals surface area contributed by atoms with Gasteiger partial charge in [0, 0.05) is 6.07 Å². The Morgan fingerprint density at radius 1 is 1.56 bits per heavy atom. The van der Waals surface area contributed by atoms with Gasteiger partial charge in [0.1, 0.15) is 11.3 Å². The van der Waals surface area contributed by atoms with E-state index in [2.05, 4.69) is 0 Å². The van der Waals surface area contributed by atoms with Crippen LogP contribution in [-0.2, 0) is 4.79 Å². The number of aliphatic hydroxyl groups is 1. The first-order valence-electron chi connectivity index (χ1n) is 4.21. The number of carboxylic acid groups (broad SMARTS) is 1. The largest absolute Gasteiger partial charge is 0.496 e. The zero-order valence-corrected chi connectivity index (χ0v) is 8.28. The highest BCUT2D eigenvalue weighted by Gasteiger charge is 2.29. The van der Waals surface area contributed by atoms with Crippen molar-refractivity contribution in [2.75, 3.05) is 7.11 Å². The van der Waals surface area contributed by atoms with Gasteiger partial charge in [-0.05, 0) is 6.07 Å². The molecule has 0 spiro atoms. The molecule has 0 amide bonds. The summed E-state index contributed by atoms with van der Waals surface area (Å²) < 4.78 is 4.78. The average molecular weight is 227 g/mol. The van der Waals surface area contributed by atoms with Gasteiger partial charge < -0.3 is 14.9 Å². The number of methoxy groups -OCH3 is 1. The van der Waals surface area contributed by atoms with Crippen molar-refractivity contribution in [3.8, 4) is 5.75 Å². The summed E-state index contributed by atoms with van der Waals surface area (Å²) in [6.07, 6.45) is -1.99. The van der Waals surface area contributed by atoms with E-state index in [4.69, 9.17) is 9.84 Å². The third kappa shape index (κ3) is 2.09. The predicted octanol–water partition coefficient (Wildman–Crippen LogP) is 0.721. The lowest BCUT2D eigenvalue weighted by molar-refractivity contribution is -0.386. The van der Waals surface area contributed by atoms with Crippen LogP contribution in [0.2, 0.25) is 0 Å². The van der Waals surface area contributed by atoms with Crippen LogP contribution in [0.4, 0.5) is 5.69 Å². The van der Waals surface area contributed by atoms with E-state index in [9.17, 15) is 20.0 Å². The highest BCUT2D eigenvalue weighted by molar-refractivity contribution is 5.77. The number of hydrogen-bond acceptors (Lipinski definition) is 5. The SMILES string of the molecule is COc1cccc([N+](=O)[O-])c1C(O)C(=O)O. The minimum Gasteiger partial charge on any atom is -0.496 e. The summed E-state index contributed by atoms with van der Waals surface area (Å²) >= 11 is 0. The molecule has 7 nitrogen and oxygen atoms in total. The van der Waals surface area contributed by atoms with E-state index in [-0.39, 0.29) is 11.3 Å². The topological polar surface area (TPSA) is 110 Å². The Bertz CT molecular complexity index is 430. The molecule has 0 fully saturated rings. The molecule has 0 heterocycles. The number of hydrogen-bond donors (Lipinski definition) is 2. The molecule has 0 aliphatic rings. The Morgan fingerprint density at radius 3 is 2.62 bits per heavy atom. The monoisotopic (exact) mass is 227 g/mol. The fraction of sp³-hybridized carbons (Fsp3) is 0.222. The summed E-state index contributed by atoms with van der Waals surface area (Å²) in [5, 5.41) is 28.7. The molecule has 1 rings (SSSR count). The first-order valence-corrected chi connectivity index (χ1v) is 4.21. The molecule has 1 aromatic carbocycles. The molecule has 0 aliphatic heterocycles. The van der Waals surface area contributed by atoms with Crippen molar-refractivity contribution < 1.29 is 24.7 Å². The second-order valence-electron chi connectivity index (χ2n) is 2.89. The van der Waals surface area contributed by atoms with Crippen LogP contribution in [0.5, 0.6) is 5.75 Å². The quantitative estimate of drug-likeness (QED) is 0.579. The molecule has 1 unspecified atom stereocenters. The van der Waals surface area contributed by atoms with Gasteiger partial charge in [-0.15, -0.1) is 0 Å². The van der Waals surface area contributed by atoms with Crippen molar-refractivity contribution in [1.82, 2.24) is 0 Å². The van der Waals surface area contributed by atoms with E-state index in [1.54, 1.807) is 0 Å². The normalized spacial score (nSPS) is 11.9. The van der Waals surface area contributed by atoms with Crippen molar-refractivity contribution in [1.29, 1.82) is 0 Å². The number of aliphatic carboxylic acids is 1. The average Bonchev–Trinajstić information content (AvgIpc) is 2.26. The first-order chi connectivity index (χ1) is 7.49. The van der Waals surface area contributed by atoms with Crippen molar-refractivity contribution in [3.05, 3.63) is 33.9 Å². The van der Waals surface area contributed by atoms with Crippen LogP contribution >= 0.6 is 0 Å². The number of aliphatic hydroxyl groups excluding tert-OH is 1. The second kappa shape index (κ2) is 4.58. The molecule has 0 saturated heterocycles. The van der Waals surface area contributed by atoms with Gasteiger partial charge in [0.2, 0.25) is 0 Å². The van der Waals surface area contributed by atoms with Crippen molar-refractivity contribution in [3.63, 3.8) is 0 Å². The van der Waals surface area contributed by atoms with Crippen LogP contribution in [0.1, 0.15) is 11.7 Å². The molecule has 7 heteroatoms. The molecule has 16 heavy (non-hydrogen) atoms. The van der Waals surface area contributed by atoms with Crippen LogP contribution in [0, 0.1) is 10.1 Å². The van der Waals surface area contributed by atoms with E-state index in [1.165, 1.54) is 19.2 Å². The van der Waals surface area contributed by atoms with E-state index in [1.807, 2.05) is 0 Å². The number of benzene rings is 1. The van der Waals surface area contributed by atoms with E-state index < -0.39 is 22.7 Å². The molecular formula is C9H9NO6. The number of carbonyl (C=O) groups is 1. The highest BCUT2D eigenvalue weighted by Crippen LogP contribution is 2.33. The minimum absolute atomic E-state index is 0.0379. The lowest BCUT2D eigenvalue weighted by Gasteiger charge is -2.11. The number of nitro groups is 1. The molecule has 0 saturated carbocycles. The van der Waals surface area contributed by atoms with E-state index in [0.29, 0.717) is 0 Å². The molecule has 86 valence electrons. The summed E-state index contributed by atoms with van der Waals surface area (Å²) in [5.41, 5.74) is -0.850. The van der Waals surface area contributed by atoms with Crippen molar-refractivity contribution in [2.45, 2.75) is 6.10 Å². The maximum atomic E-state index is 10.7. The summed E-state index contributed by atoms with van der Waals surface area (Å²) in [5.74, 6) is -1.61. The number of carboxylic acids is 1. The summed E-state index contributed by atoms with van der Waals surface area (Å²) in [6, 6.07) is 3.79. The van der Waals surface area contributed by atoms with Crippen molar-refractivity contribution in [2.24, 2.45) is 0 Å². The molecule has 1 atom stereocenters. The lowest BCUT2D eigenvalue weighted by Crippen LogP contribution is -2.13. The van der Waals surface area contributed by atoms with Gasteiger partial charge in [0.15, 0.2) is 6.10 Å². The van der Waals surface area contributed by atoms with Crippen LogP contribution in [-0.4, -0.2) is 28.2 Å². The molecule has 0 aliphatic carbocycles. The van der Waals surface area contributed by atoms with Gasteiger partial charge in [-0.25, -0.2) is 4.79 Å². The Balaban J connectivity index is 3.41. The molecule has 2 N–H and O–H groups in total. The van der Waals surface area contributed by atoms with Gasteiger partial charge >= 0.3 is 5.97 Å². The summed E-state index contributed by atoms with van der Waals surface area (Å²) in [6.45, 7) is 0. The lowest BCUT2D eigenvalue weighted by atomic mass is 10.1. The van der Waals surface area contributed by atoms with Gasteiger partial charge in [0.25, 0.3) is 5.69 Å². The Labute approximate surface area is 90.0 Å².